The van der Waals surface area contributed by atoms with Gasteiger partial charge in [-0.25, -0.2) is 0 Å². The molecule has 0 aliphatic heterocycles. The molecule has 39 heavy (non-hydrogen) atoms. The fraction of sp³-hybridized carbons (Fsp3) is 1.00. The minimum atomic E-state index is -0.306. The van der Waals surface area contributed by atoms with Crippen LogP contribution in [0.3, 0.4) is 0 Å². The van der Waals surface area contributed by atoms with E-state index in [4.69, 9.17) is 20.4 Å². The summed E-state index contributed by atoms with van der Waals surface area (Å²) in [5, 5.41) is 53.7. The zero-order chi connectivity index (χ0) is 30.2. The molecule has 6 N–H and O–H groups in total. The van der Waals surface area contributed by atoms with E-state index >= 15 is 0 Å². The molecule has 6 unspecified atom stereocenters. The van der Waals surface area contributed by atoms with Crippen molar-refractivity contribution in [3.8, 4) is 0 Å². The van der Waals surface area contributed by atoms with Crippen molar-refractivity contribution in [1.29, 1.82) is 0 Å². The minimum absolute atomic E-state index is 0. The molecule has 0 heterocycles. The molecule has 240 valence electrons. The summed E-state index contributed by atoms with van der Waals surface area (Å²) >= 11 is 0. The second kappa shape index (κ2) is 40.6. The zero-order valence-corrected chi connectivity index (χ0v) is 28.9. The van der Waals surface area contributed by atoms with Gasteiger partial charge in [0.15, 0.2) is 0 Å². The molecule has 0 aromatic carbocycles. The van der Waals surface area contributed by atoms with E-state index in [-0.39, 0.29) is 59.0 Å². The van der Waals surface area contributed by atoms with Gasteiger partial charge in [0.2, 0.25) is 0 Å². The minimum Gasteiger partial charge on any atom is -0.396 e. The van der Waals surface area contributed by atoms with Crippen LogP contribution < -0.4 is 0 Å². The molecule has 0 aromatic heterocycles. The quantitative estimate of drug-likeness (QED) is 0.0863. The van der Waals surface area contributed by atoms with Crippen molar-refractivity contribution in [2.45, 2.75) is 157 Å². The van der Waals surface area contributed by atoms with E-state index < -0.39 is 0 Å². The standard InChI is InChI=1S/2C8H18O2.2C8H18O.Ti/c2*1-3-5-8(10)7(4-2)6-9;2*1-3-5-6-8(4-2)7-9;/h2*7-10H,3-6H2,1-2H3;2*8-9H,3-7H2,1-2H3;. The Morgan fingerprint density at radius 3 is 0.872 bits per heavy atom. The van der Waals surface area contributed by atoms with Gasteiger partial charge in [-0.3, -0.25) is 0 Å². The average molecular weight is 601 g/mol. The fourth-order valence-corrected chi connectivity index (χ4v) is 3.94. The maximum absolute atomic E-state index is 9.35. The summed E-state index contributed by atoms with van der Waals surface area (Å²) in [5.41, 5.74) is 0. The van der Waals surface area contributed by atoms with Gasteiger partial charge in [0.05, 0.1) is 12.2 Å². The molecule has 6 nitrogen and oxygen atoms in total. The molecule has 6 atom stereocenters. The van der Waals surface area contributed by atoms with Crippen molar-refractivity contribution in [3.05, 3.63) is 0 Å². The second-order valence-electron chi connectivity index (χ2n) is 10.6. The molecule has 0 rings (SSSR count). The van der Waals surface area contributed by atoms with Crippen LogP contribution in [0.4, 0.5) is 0 Å². The Labute approximate surface area is 259 Å². The van der Waals surface area contributed by atoms with Gasteiger partial charge in [-0.05, 0) is 50.4 Å². The van der Waals surface area contributed by atoms with Crippen molar-refractivity contribution in [1.82, 2.24) is 0 Å². The third-order valence-corrected chi connectivity index (χ3v) is 7.38. The van der Waals surface area contributed by atoms with E-state index in [1.165, 1.54) is 38.5 Å². The Kier molecular flexibility index (Phi) is 51.2. The van der Waals surface area contributed by atoms with Crippen molar-refractivity contribution in [2.24, 2.45) is 23.7 Å². The van der Waals surface area contributed by atoms with Crippen LogP contribution in [0.15, 0.2) is 0 Å². The van der Waals surface area contributed by atoms with E-state index in [0.717, 1.165) is 51.4 Å². The summed E-state index contributed by atoms with van der Waals surface area (Å²) in [7, 11) is 0. The van der Waals surface area contributed by atoms with Gasteiger partial charge in [-0.1, -0.05) is 107 Å². The first-order valence-electron chi connectivity index (χ1n) is 16.0. The van der Waals surface area contributed by atoms with E-state index in [2.05, 4.69) is 27.7 Å². The summed E-state index contributed by atoms with van der Waals surface area (Å²) in [6, 6.07) is 0. The van der Waals surface area contributed by atoms with Gasteiger partial charge in [0.25, 0.3) is 0 Å². The first-order valence-corrected chi connectivity index (χ1v) is 16.0. The van der Waals surface area contributed by atoms with Crippen LogP contribution >= 0.6 is 0 Å². The number of hydrogen-bond donors (Lipinski definition) is 6. The van der Waals surface area contributed by atoms with Gasteiger partial charge in [0.1, 0.15) is 0 Å². The molecule has 0 spiro atoms. The van der Waals surface area contributed by atoms with Crippen molar-refractivity contribution < 1.29 is 52.4 Å². The summed E-state index contributed by atoms with van der Waals surface area (Å²) < 4.78 is 0. The van der Waals surface area contributed by atoms with E-state index in [9.17, 15) is 10.2 Å². The molecule has 0 saturated heterocycles. The number of aliphatic hydroxyl groups is 6. The van der Waals surface area contributed by atoms with E-state index in [1.807, 2.05) is 27.7 Å². The van der Waals surface area contributed by atoms with E-state index in [0.29, 0.717) is 25.0 Å². The molecule has 0 aromatic rings. The predicted molar refractivity (Wildman–Crippen MR) is 164 cm³/mol. The third-order valence-electron chi connectivity index (χ3n) is 7.38. The van der Waals surface area contributed by atoms with Crippen LogP contribution in [0.25, 0.3) is 0 Å². The predicted octanol–water partition coefficient (Wildman–Crippen LogP) is 6.72. The van der Waals surface area contributed by atoms with Gasteiger partial charge in [-0.15, -0.1) is 0 Å². The largest absolute Gasteiger partial charge is 0.396 e. The van der Waals surface area contributed by atoms with Crippen LogP contribution in [-0.4, -0.2) is 69.3 Å². The molecular weight excluding hydrogens is 528 g/mol. The first-order chi connectivity index (χ1) is 18.2. The molecular formula is C32H72O6Ti. The second-order valence-corrected chi connectivity index (χ2v) is 10.6. The number of hydrogen-bond acceptors (Lipinski definition) is 6. The Balaban J connectivity index is -0.000000131. The van der Waals surface area contributed by atoms with E-state index in [1.54, 1.807) is 0 Å². The molecule has 0 bridgehead atoms. The normalized spacial score (nSPS) is 14.9. The van der Waals surface area contributed by atoms with Crippen LogP contribution in [0, 0.1) is 23.7 Å². The van der Waals surface area contributed by atoms with Gasteiger partial charge < -0.3 is 30.6 Å². The van der Waals surface area contributed by atoms with Crippen LogP contribution in [-0.2, 0) is 21.7 Å². The third kappa shape index (κ3) is 34.6. The summed E-state index contributed by atoms with van der Waals surface area (Å²) in [5.74, 6) is 1.29. The van der Waals surface area contributed by atoms with Gasteiger partial charge >= 0.3 is 0 Å². The first kappa shape index (κ1) is 49.2. The van der Waals surface area contributed by atoms with Crippen LogP contribution in [0.5, 0.6) is 0 Å². The monoisotopic (exact) mass is 600 g/mol. The molecule has 0 amide bonds. The maximum Gasteiger partial charge on any atom is 0.0590 e. The topological polar surface area (TPSA) is 121 Å². The number of aliphatic hydroxyl groups excluding tert-OH is 6. The Bertz CT molecular complexity index is 351. The maximum atomic E-state index is 9.35. The Morgan fingerprint density at radius 1 is 0.410 bits per heavy atom. The number of rotatable bonds is 20. The Hall–Kier alpha value is 0.474. The molecule has 0 fully saturated rings. The Morgan fingerprint density at radius 2 is 0.718 bits per heavy atom. The number of unbranched alkanes of at least 4 members (excludes halogenated alkanes) is 2. The van der Waals surface area contributed by atoms with Crippen LogP contribution in [0.1, 0.15) is 145 Å². The fourth-order valence-electron chi connectivity index (χ4n) is 3.94. The van der Waals surface area contributed by atoms with Crippen molar-refractivity contribution in [3.63, 3.8) is 0 Å². The smallest absolute Gasteiger partial charge is 0.0590 e. The molecule has 7 heteroatoms. The average Bonchev–Trinajstić information content (AvgIpc) is 2.93. The van der Waals surface area contributed by atoms with Crippen molar-refractivity contribution >= 4 is 0 Å². The SMILES string of the molecule is CCCC(O)C(CC)CO.CCCC(O)C(CC)CO.CCCCC(CC)CO.CCCCC(CC)CO.[Ti]. The summed E-state index contributed by atoms with van der Waals surface area (Å²) in [6.45, 7) is 17.6. The summed E-state index contributed by atoms with van der Waals surface area (Å²) in [6.07, 6.45) is 14.3. The molecule has 0 aliphatic rings. The van der Waals surface area contributed by atoms with Crippen LogP contribution in [0.2, 0.25) is 0 Å². The molecule has 0 aliphatic carbocycles. The molecule has 0 radical (unpaired) electrons. The van der Waals surface area contributed by atoms with Gasteiger partial charge in [0, 0.05) is 60.0 Å². The summed E-state index contributed by atoms with van der Waals surface area (Å²) in [4.78, 5) is 0. The van der Waals surface area contributed by atoms with Gasteiger partial charge in [-0.2, -0.15) is 0 Å². The zero-order valence-electron chi connectivity index (χ0n) is 27.4. The van der Waals surface area contributed by atoms with Crippen molar-refractivity contribution in [2.75, 3.05) is 26.4 Å². The molecule has 0 saturated carbocycles.